The number of hydrogen-bond donors (Lipinski definition) is 0. The Morgan fingerprint density at radius 2 is 2.06 bits per heavy atom. The van der Waals surface area contributed by atoms with Crippen molar-refractivity contribution in [2.24, 2.45) is 10.2 Å². The molecule has 1 aliphatic rings. The highest BCUT2D eigenvalue weighted by Crippen LogP contribution is 2.35. The molecule has 1 aromatic rings. The first-order chi connectivity index (χ1) is 8.35. The third-order valence-corrected chi connectivity index (χ3v) is 2.29. The number of azide groups is 2. The van der Waals surface area contributed by atoms with E-state index in [1.807, 2.05) is 0 Å². The second-order valence-corrected chi connectivity index (χ2v) is 3.25. The maximum Gasteiger partial charge on any atom is 0.231 e. The molecule has 0 bridgehead atoms. The molecular weight excluding hydrogens is 224 g/mol. The van der Waals surface area contributed by atoms with E-state index in [4.69, 9.17) is 20.5 Å². The first kappa shape index (κ1) is 10.9. The predicted molar refractivity (Wildman–Crippen MR) is 58.5 cm³/mol. The van der Waals surface area contributed by atoms with Crippen molar-refractivity contribution in [3.05, 3.63) is 44.6 Å². The van der Waals surface area contributed by atoms with Crippen molar-refractivity contribution >= 4 is 0 Å². The lowest BCUT2D eigenvalue weighted by Gasteiger charge is -2.08. The molecule has 0 fully saturated rings. The highest BCUT2D eigenvalue weighted by atomic mass is 16.7. The van der Waals surface area contributed by atoms with E-state index in [-0.39, 0.29) is 13.3 Å². The van der Waals surface area contributed by atoms with E-state index in [9.17, 15) is 0 Å². The molecule has 8 heteroatoms. The van der Waals surface area contributed by atoms with E-state index in [1.165, 1.54) is 0 Å². The summed E-state index contributed by atoms with van der Waals surface area (Å²) in [5.74, 6) is 1.25. The van der Waals surface area contributed by atoms with Crippen molar-refractivity contribution in [2.45, 2.75) is 6.04 Å². The molecule has 1 aromatic carbocycles. The van der Waals surface area contributed by atoms with E-state index >= 15 is 0 Å². The summed E-state index contributed by atoms with van der Waals surface area (Å²) in [7, 11) is 0. The van der Waals surface area contributed by atoms with Gasteiger partial charge in [0, 0.05) is 16.4 Å². The SMILES string of the molecule is [N-]=[N+]=NCC(N=[N+]=[N-])c1ccc2c(c1)OCO2. The van der Waals surface area contributed by atoms with Crippen LogP contribution in [0.25, 0.3) is 20.9 Å². The van der Waals surface area contributed by atoms with Crippen LogP contribution in [0.3, 0.4) is 0 Å². The summed E-state index contributed by atoms with van der Waals surface area (Å²) in [4.78, 5) is 5.37. The number of nitrogens with zero attached hydrogens (tertiary/aromatic N) is 6. The molecule has 0 saturated heterocycles. The number of benzene rings is 1. The molecule has 0 aromatic heterocycles. The summed E-state index contributed by atoms with van der Waals surface area (Å²) in [6, 6.07) is 4.66. The van der Waals surface area contributed by atoms with E-state index in [1.54, 1.807) is 18.2 Å². The van der Waals surface area contributed by atoms with Crippen LogP contribution in [0.1, 0.15) is 11.6 Å². The highest BCUT2D eigenvalue weighted by Gasteiger charge is 2.16. The largest absolute Gasteiger partial charge is 0.454 e. The zero-order valence-electron chi connectivity index (χ0n) is 8.72. The summed E-state index contributed by atoms with van der Waals surface area (Å²) in [6.45, 7) is 0.252. The van der Waals surface area contributed by atoms with E-state index in [0.717, 1.165) is 5.56 Å². The van der Waals surface area contributed by atoms with Crippen molar-refractivity contribution in [3.8, 4) is 11.5 Å². The maximum atomic E-state index is 8.46. The molecule has 0 saturated carbocycles. The Balaban J connectivity index is 2.29. The van der Waals surface area contributed by atoms with Gasteiger partial charge < -0.3 is 9.47 Å². The third kappa shape index (κ3) is 2.34. The molecule has 2 rings (SSSR count). The number of ether oxygens (including phenoxy) is 2. The first-order valence-electron chi connectivity index (χ1n) is 4.79. The van der Waals surface area contributed by atoms with Gasteiger partial charge in [-0.15, -0.1) is 0 Å². The first-order valence-corrected chi connectivity index (χ1v) is 4.79. The Morgan fingerprint density at radius 1 is 1.24 bits per heavy atom. The van der Waals surface area contributed by atoms with Crippen molar-refractivity contribution < 1.29 is 9.47 Å². The standard InChI is InChI=1S/C9H8N6O2/c10-14-12-4-7(13-15-11)6-1-2-8-9(3-6)17-5-16-8/h1-3,7H,4-5H2. The third-order valence-electron chi connectivity index (χ3n) is 2.29. The van der Waals surface area contributed by atoms with Gasteiger partial charge in [-0.25, -0.2) is 0 Å². The van der Waals surface area contributed by atoms with Crippen LogP contribution in [0.2, 0.25) is 0 Å². The van der Waals surface area contributed by atoms with Gasteiger partial charge in [0.15, 0.2) is 11.5 Å². The minimum Gasteiger partial charge on any atom is -0.454 e. The molecule has 0 N–H and O–H groups in total. The Kier molecular flexibility index (Phi) is 3.20. The molecule has 1 atom stereocenters. The zero-order chi connectivity index (χ0) is 12.1. The van der Waals surface area contributed by atoms with Crippen LogP contribution in [0.5, 0.6) is 11.5 Å². The molecular formula is C9H8N6O2. The van der Waals surface area contributed by atoms with Crippen molar-refractivity contribution in [1.29, 1.82) is 0 Å². The molecule has 1 heterocycles. The number of hydrogen-bond acceptors (Lipinski definition) is 4. The van der Waals surface area contributed by atoms with Gasteiger partial charge in [-0.1, -0.05) is 16.3 Å². The summed E-state index contributed by atoms with van der Waals surface area (Å²) >= 11 is 0. The number of rotatable bonds is 4. The summed E-state index contributed by atoms with van der Waals surface area (Å²) < 4.78 is 10.4. The van der Waals surface area contributed by atoms with Gasteiger partial charge in [0.05, 0.1) is 6.04 Å². The van der Waals surface area contributed by atoms with Crippen LogP contribution < -0.4 is 9.47 Å². The molecule has 1 aliphatic heterocycles. The quantitative estimate of drug-likeness (QED) is 0.450. The van der Waals surface area contributed by atoms with Gasteiger partial charge in [-0.05, 0) is 28.8 Å². The fourth-order valence-electron chi connectivity index (χ4n) is 1.51. The van der Waals surface area contributed by atoms with Crippen LogP contribution in [0, 0.1) is 0 Å². The van der Waals surface area contributed by atoms with Crippen LogP contribution >= 0.6 is 0 Å². The van der Waals surface area contributed by atoms with Gasteiger partial charge in [-0.3, -0.25) is 0 Å². The normalized spacial score (nSPS) is 13.4. The molecule has 0 spiro atoms. The van der Waals surface area contributed by atoms with Gasteiger partial charge >= 0.3 is 0 Å². The molecule has 0 aliphatic carbocycles. The van der Waals surface area contributed by atoms with Crippen LogP contribution in [-0.2, 0) is 0 Å². The van der Waals surface area contributed by atoms with Crippen LogP contribution in [0.15, 0.2) is 28.4 Å². The molecule has 86 valence electrons. The number of fused-ring (bicyclic) bond motifs is 1. The highest BCUT2D eigenvalue weighted by molar-refractivity contribution is 5.45. The Bertz CT molecular complexity index is 518. The minimum atomic E-state index is -0.537. The summed E-state index contributed by atoms with van der Waals surface area (Å²) in [6.07, 6.45) is 0. The van der Waals surface area contributed by atoms with E-state index < -0.39 is 6.04 Å². The lowest BCUT2D eigenvalue weighted by atomic mass is 10.1. The fraction of sp³-hybridized carbons (Fsp3) is 0.333. The van der Waals surface area contributed by atoms with Crippen molar-refractivity contribution in [1.82, 2.24) is 0 Å². The summed E-state index contributed by atoms with van der Waals surface area (Å²) in [5, 5.41) is 6.98. The predicted octanol–water partition coefficient (Wildman–Crippen LogP) is 3.08. The second-order valence-electron chi connectivity index (χ2n) is 3.25. The Morgan fingerprint density at radius 3 is 2.82 bits per heavy atom. The van der Waals surface area contributed by atoms with Gasteiger partial charge in [0.2, 0.25) is 6.79 Å². The maximum absolute atomic E-state index is 8.46. The zero-order valence-corrected chi connectivity index (χ0v) is 8.72. The molecule has 0 radical (unpaired) electrons. The molecule has 0 amide bonds. The van der Waals surface area contributed by atoms with Gasteiger partial charge in [0.1, 0.15) is 0 Å². The molecule has 17 heavy (non-hydrogen) atoms. The minimum absolute atomic E-state index is 0.0696. The molecule has 1 unspecified atom stereocenters. The van der Waals surface area contributed by atoms with Crippen LogP contribution in [0.4, 0.5) is 0 Å². The van der Waals surface area contributed by atoms with Gasteiger partial charge in [0.25, 0.3) is 0 Å². The average Bonchev–Trinajstić information content (AvgIpc) is 2.81. The van der Waals surface area contributed by atoms with Crippen LogP contribution in [-0.4, -0.2) is 13.3 Å². The average molecular weight is 232 g/mol. The van der Waals surface area contributed by atoms with E-state index in [2.05, 4.69) is 20.1 Å². The fourth-order valence-corrected chi connectivity index (χ4v) is 1.51. The lowest BCUT2D eigenvalue weighted by Crippen LogP contribution is -1.98. The topological polar surface area (TPSA) is 116 Å². The lowest BCUT2D eigenvalue weighted by molar-refractivity contribution is 0.174. The van der Waals surface area contributed by atoms with Crippen molar-refractivity contribution in [3.63, 3.8) is 0 Å². The van der Waals surface area contributed by atoms with Crippen molar-refractivity contribution in [2.75, 3.05) is 13.3 Å². The Labute approximate surface area is 96.0 Å². The van der Waals surface area contributed by atoms with E-state index in [0.29, 0.717) is 11.5 Å². The molecule has 8 nitrogen and oxygen atoms in total. The summed E-state index contributed by atoms with van der Waals surface area (Å²) in [5.41, 5.74) is 17.4. The second kappa shape index (κ2) is 4.98. The smallest absolute Gasteiger partial charge is 0.231 e. The van der Waals surface area contributed by atoms with Gasteiger partial charge in [-0.2, -0.15) is 0 Å². The monoisotopic (exact) mass is 232 g/mol. The Hall–Kier alpha value is -2.56.